The summed E-state index contributed by atoms with van der Waals surface area (Å²) in [5, 5.41) is 3.68. The van der Waals surface area contributed by atoms with Crippen LogP contribution >= 0.6 is 0 Å². The monoisotopic (exact) mass is 251 g/mol. The van der Waals surface area contributed by atoms with E-state index in [4.69, 9.17) is 0 Å². The Kier molecular flexibility index (Phi) is 9.28. The van der Waals surface area contributed by atoms with Gasteiger partial charge in [-0.25, -0.2) is 0 Å². The van der Waals surface area contributed by atoms with Gasteiger partial charge in [-0.2, -0.15) is 0 Å². The summed E-state index contributed by atoms with van der Waals surface area (Å²) >= 11 is 0. The van der Waals surface area contributed by atoms with Crippen LogP contribution in [0.5, 0.6) is 0 Å². The molecule has 0 amide bonds. The Morgan fingerprint density at radius 3 is 2.72 bits per heavy atom. The average molecular weight is 251 g/mol. The molecule has 0 saturated heterocycles. The van der Waals surface area contributed by atoms with E-state index < -0.39 is 0 Å². The van der Waals surface area contributed by atoms with Gasteiger partial charge in [0.1, 0.15) is 0 Å². The van der Waals surface area contributed by atoms with E-state index in [0.29, 0.717) is 6.04 Å². The highest BCUT2D eigenvalue weighted by molar-refractivity contribution is 5.05. The zero-order valence-electron chi connectivity index (χ0n) is 12.6. The Morgan fingerprint density at radius 2 is 2.00 bits per heavy atom. The second-order valence-electron chi connectivity index (χ2n) is 5.92. The quantitative estimate of drug-likeness (QED) is 0.415. The second kappa shape index (κ2) is 10.6. The Morgan fingerprint density at radius 1 is 1.17 bits per heavy atom. The van der Waals surface area contributed by atoms with Gasteiger partial charge in [-0.15, -0.1) is 0 Å². The van der Waals surface area contributed by atoms with Gasteiger partial charge in [0.25, 0.3) is 0 Å². The maximum absolute atomic E-state index is 3.68. The molecule has 0 aliphatic heterocycles. The van der Waals surface area contributed by atoms with Crippen molar-refractivity contribution in [2.45, 2.75) is 90.5 Å². The van der Waals surface area contributed by atoms with Gasteiger partial charge >= 0.3 is 0 Å². The molecular formula is C17H33N. The van der Waals surface area contributed by atoms with Crippen LogP contribution in [0.3, 0.4) is 0 Å². The van der Waals surface area contributed by atoms with Gasteiger partial charge in [0, 0.05) is 6.04 Å². The molecule has 1 N–H and O–H groups in total. The predicted molar refractivity (Wildman–Crippen MR) is 82.0 cm³/mol. The SMILES string of the molecule is CCCCCCCC(C)NCCC1=CCCCC1. The Labute approximate surface area is 114 Å². The Hall–Kier alpha value is -0.300. The summed E-state index contributed by atoms with van der Waals surface area (Å²) in [4.78, 5) is 0. The summed E-state index contributed by atoms with van der Waals surface area (Å²) in [5.74, 6) is 0. The smallest absolute Gasteiger partial charge is 0.00388 e. The third-order valence-corrected chi connectivity index (χ3v) is 4.06. The highest BCUT2D eigenvalue weighted by atomic mass is 14.9. The van der Waals surface area contributed by atoms with Crippen molar-refractivity contribution in [3.8, 4) is 0 Å². The van der Waals surface area contributed by atoms with E-state index in [-0.39, 0.29) is 0 Å². The van der Waals surface area contributed by atoms with Crippen molar-refractivity contribution in [3.63, 3.8) is 0 Å². The summed E-state index contributed by atoms with van der Waals surface area (Å²) in [7, 11) is 0. The normalized spacial score (nSPS) is 17.6. The van der Waals surface area contributed by atoms with Gasteiger partial charge in [-0.05, 0) is 52.0 Å². The molecule has 1 unspecified atom stereocenters. The van der Waals surface area contributed by atoms with Crippen LogP contribution in [0, 0.1) is 0 Å². The number of hydrogen-bond acceptors (Lipinski definition) is 1. The predicted octanol–water partition coefficient (Wildman–Crippen LogP) is 5.22. The first kappa shape index (κ1) is 15.8. The van der Waals surface area contributed by atoms with Crippen molar-refractivity contribution in [1.82, 2.24) is 5.32 Å². The molecule has 1 aliphatic rings. The molecule has 0 aromatic rings. The molecule has 0 saturated carbocycles. The molecule has 1 heteroatoms. The maximum atomic E-state index is 3.68. The number of nitrogens with one attached hydrogen (secondary N) is 1. The molecule has 0 aromatic carbocycles. The zero-order valence-corrected chi connectivity index (χ0v) is 12.6. The first-order valence-electron chi connectivity index (χ1n) is 8.24. The third-order valence-electron chi connectivity index (χ3n) is 4.06. The van der Waals surface area contributed by atoms with Crippen LogP contribution in [0.25, 0.3) is 0 Å². The lowest BCUT2D eigenvalue weighted by Gasteiger charge is -2.16. The zero-order chi connectivity index (χ0) is 13.1. The molecular weight excluding hydrogens is 218 g/mol. The minimum atomic E-state index is 0.704. The summed E-state index contributed by atoms with van der Waals surface area (Å²) in [6.45, 7) is 5.81. The summed E-state index contributed by atoms with van der Waals surface area (Å²) in [6, 6.07) is 0.704. The molecule has 0 radical (unpaired) electrons. The van der Waals surface area contributed by atoms with Gasteiger partial charge < -0.3 is 5.32 Å². The standard InChI is InChI=1S/C17H33N/c1-3-4-5-6-8-11-16(2)18-15-14-17-12-9-7-10-13-17/h12,16,18H,3-11,13-15H2,1-2H3. The molecule has 0 spiro atoms. The topological polar surface area (TPSA) is 12.0 Å². The molecule has 1 aliphatic carbocycles. The van der Waals surface area contributed by atoms with Gasteiger partial charge in [-0.3, -0.25) is 0 Å². The molecule has 18 heavy (non-hydrogen) atoms. The van der Waals surface area contributed by atoms with E-state index >= 15 is 0 Å². The minimum Gasteiger partial charge on any atom is -0.314 e. The van der Waals surface area contributed by atoms with Crippen LogP contribution in [-0.4, -0.2) is 12.6 Å². The van der Waals surface area contributed by atoms with Crippen molar-refractivity contribution in [2.24, 2.45) is 0 Å². The van der Waals surface area contributed by atoms with Crippen LogP contribution in [0.2, 0.25) is 0 Å². The van der Waals surface area contributed by atoms with E-state index in [1.54, 1.807) is 5.57 Å². The highest BCUT2D eigenvalue weighted by Crippen LogP contribution is 2.19. The first-order valence-corrected chi connectivity index (χ1v) is 8.24. The summed E-state index contributed by atoms with van der Waals surface area (Å²) in [6.07, 6.45) is 17.6. The fourth-order valence-electron chi connectivity index (χ4n) is 2.77. The fraction of sp³-hybridized carbons (Fsp3) is 0.882. The van der Waals surface area contributed by atoms with Crippen LogP contribution in [0.1, 0.15) is 84.5 Å². The molecule has 0 heterocycles. The lowest BCUT2D eigenvalue weighted by molar-refractivity contribution is 0.479. The van der Waals surface area contributed by atoms with E-state index in [1.165, 1.54) is 77.2 Å². The Balaban J connectivity index is 1.92. The van der Waals surface area contributed by atoms with Gasteiger partial charge in [0.15, 0.2) is 0 Å². The number of hydrogen-bond donors (Lipinski definition) is 1. The molecule has 1 nitrogen and oxygen atoms in total. The van der Waals surface area contributed by atoms with E-state index in [0.717, 1.165) is 0 Å². The van der Waals surface area contributed by atoms with E-state index in [1.807, 2.05) is 0 Å². The lowest BCUT2D eigenvalue weighted by atomic mass is 9.97. The molecule has 1 rings (SSSR count). The van der Waals surface area contributed by atoms with Crippen LogP contribution in [0.15, 0.2) is 11.6 Å². The van der Waals surface area contributed by atoms with Gasteiger partial charge in [-0.1, -0.05) is 50.7 Å². The van der Waals surface area contributed by atoms with Crippen molar-refractivity contribution >= 4 is 0 Å². The second-order valence-corrected chi connectivity index (χ2v) is 5.92. The van der Waals surface area contributed by atoms with Crippen molar-refractivity contribution < 1.29 is 0 Å². The molecule has 0 fully saturated rings. The van der Waals surface area contributed by atoms with Gasteiger partial charge in [0.05, 0.1) is 0 Å². The maximum Gasteiger partial charge on any atom is 0.00388 e. The summed E-state index contributed by atoms with van der Waals surface area (Å²) < 4.78 is 0. The molecule has 106 valence electrons. The summed E-state index contributed by atoms with van der Waals surface area (Å²) in [5.41, 5.74) is 1.70. The van der Waals surface area contributed by atoms with Crippen molar-refractivity contribution in [2.75, 3.05) is 6.54 Å². The lowest BCUT2D eigenvalue weighted by Crippen LogP contribution is -2.27. The fourth-order valence-corrected chi connectivity index (χ4v) is 2.77. The number of allylic oxidation sites excluding steroid dienone is 1. The average Bonchev–Trinajstić information content (AvgIpc) is 2.40. The third kappa shape index (κ3) is 7.92. The van der Waals surface area contributed by atoms with Crippen molar-refractivity contribution in [1.29, 1.82) is 0 Å². The van der Waals surface area contributed by atoms with Crippen LogP contribution < -0.4 is 5.32 Å². The van der Waals surface area contributed by atoms with Crippen LogP contribution in [0.4, 0.5) is 0 Å². The molecule has 1 atom stereocenters. The van der Waals surface area contributed by atoms with Crippen LogP contribution in [-0.2, 0) is 0 Å². The van der Waals surface area contributed by atoms with Gasteiger partial charge in [0.2, 0.25) is 0 Å². The minimum absolute atomic E-state index is 0.704. The highest BCUT2D eigenvalue weighted by Gasteiger charge is 2.05. The Bertz CT molecular complexity index is 220. The van der Waals surface area contributed by atoms with Crippen molar-refractivity contribution in [3.05, 3.63) is 11.6 Å². The van der Waals surface area contributed by atoms with E-state index in [2.05, 4.69) is 25.2 Å². The van der Waals surface area contributed by atoms with E-state index in [9.17, 15) is 0 Å². The first-order chi connectivity index (χ1) is 8.83. The number of rotatable bonds is 10. The molecule has 0 bridgehead atoms. The largest absolute Gasteiger partial charge is 0.314 e. The molecule has 0 aromatic heterocycles. The number of unbranched alkanes of at least 4 members (excludes halogenated alkanes) is 4.